The van der Waals surface area contributed by atoms with Crippen molar-refractivity contribution in [3.8, 4) is 23.8 Å². The topological polar surface area (TPSA) is 138 Å². The van der Waals surface area contributed by atoms with Crippen LogP contribution in [0.25, 0.3) is 0 Å². The van der Waals surface area contributed by atoms with E-state index in [9.17, 15) is 23.1 Å². The highest BCUT2D eigenvalue weighted by molar-refractivity contribution is 7.89. The highest BCUT2D eigenvalue weighted by Crippen LogP contribution is 2.33. The van der Waals surface area contributed by atoms with Gasteiger partial charge in [-0.25, -0.2) is 13.4 Å². The zero-order chi connectivity index (χ0) is 31.7. The second-order valence-electron chi connectivity index (χ2n) is 11.5. The molecule has 1 aliphatic carbocycles. The van der Waals surface area contributed by atoms with E-state index >= 15 is 0 Å². The quantitative estimate of drug-likeness (QED) is 0.202. The van der Waals surface area contributed by atoms with Gasteiger partial charge in [0, 0.05) is 38.0 Å². The number of carbonyl (C=O) groups is 2. The normalized spacial score (nSPS) is 15.8. The maximum Gasteiger partial charge on any atom is 0.252 e. The van der Waals surface area contributed by atoms with E-state index in [4.69, 9.17) is 15.9 Å². The van der Waals surface area contributed by atoms with E-state index in [0.29, 0.717) is 24.7 Å². The van der Waals surface area contributed by atoms with Crippen molar-refractivity contribution in [3.63, 3.8) is 0 Å². The lowest BCUT2D eigenvalue weighted by molar-refractivity contribution is -0.147. The molecule has 0 saturated heterocycles. The summed E-state index contributed by atoms with van der Waals surface area (Å²) in [4.78, 5) is 26.4. The van der Waals surface area contributed by atoms with Gasteiger partial charge in [-0.1, -0.05) is 44.2 Å². The van der Waals surface area contributed by atoms with Crippen LogP contribution in [0, 0.1) is 18.3 Å². The number of sulfonamides is 1. The summed E-state index contributed by atoms with van der Waals surface area (Å²) in [5.41, 5.74) is 3.48. The van der Waals surface area contributed by atoms with Gasteiger partial charge < -0.3 is 19.9 Å². The van der Waals surface area contributed by atoms with Crippen molar-refractivity contribution in [2.24, 2.45) is 5.92 Å². The van der Waals surface area contributed by atoms with Gasteiger partial charge in [-0.3, -0.25) is 15.0 Å². The predicted octanol–water partition coefficient (Wildman–Crippen LogP) is 2.10. The van der Waals surface area contributed by atoms with Gasteiger partial charge in [-0.2, -0.15) is 4.31 Å². The number of terminal acetylenes is 1. The van der Waals surface area contributed by atoms with Crippen molar-refractivity contribution in [3.05, 3.63) is 54.1 Å². The van der Waals surface area contributed by atoms with Gasteiger partial charge in [0.25, 0.3) is 5.91 Å². The average Bonchev–Trinajstić information content (AvgIpc) is 3.85. The monoisotopic (exact) mass is 626 g/mol. The van der Waals surface area contributed by atoms with Crippen LogP contribution in [0.2, 0.25) is 0 Å². The smallest absolute Gasteiger partial charge is 0.252 e. The Bertz CT molecular complexity index is 1420. The lowest BCUT2D eigenvalue weighted by atomic mass is 9.99. The van der Waals surface area contributed by atoms with Gasteiger partial charge in [0.15, 0.2) is 11.5 Å². The molecule has 0 bridgehead atoms. The Morgan fingerprint density at radius 1 is 1.07 bits per heavy atom. The summed E-state index contributed by atoms with van der Waals surface area (Å²) < 4.78 is 40.3. The van der Waals surface area contributed by atoms with Crippen molar-refractivity contribution < 1.29 is 32.6 Å². The summed E-state index contributed by atoms with van der Waals surface area (Å²) >= 11 is 0. The number of fused-ring (bicyclic) bond motifs is 1. The first-order valence-corrected chi connectivity index (χ1v) is 16.4. The second kappa shape index (κ2) is 15.4. The molecule has 0 spiro atoms. The number of aliphatic hydroxyl groups is 1. The maximum absolute atomic E-state index is 14.0. The summed E-state index contributed by atoms with van der Waals surface area (Å²) in [6, 6.07) is 12.9. The summed E-state index contributed by atoms with van der Waals surface area (Å²) in [6.45, 7) is 4.20. The Labute approximate surface area is 259 Å². The number of rotatable bonds is 15. The standard InChI is InChI=1S/C32H42N4O7S/c1-4-5-11-32(39)36(34-31(38)20-33-25-12-13-25)27(18-24-9-7-6-8-10-24)28(37)22-35(21-23(2)3)44(40,41)26-14-15-29-30(19-26)43-17-16-42-29/h1,6-10,14-15,19,23,25,27-28,33,37H,5,11-13,16-18,20-22H2,2-3H3,(H,34,38)/t27-,28+/m0/s1. The lowest BCUT2D eigenvalue weighted by Gasteiger charge is -2.37. The molecule has 2 atom stereocenters. The lowest BCUT2D eigenvalue weighted by Crippen LogP contribution is -2.60. The summed E-state index contributed by atoms with van der Waals surface area (Å²) in [7, 11) is -4.11. The van der Waals surface area contributed by atoms with Crippen LogP contribution in [0.15, 0.2) is 53.4 Å². The number of amides is 2. The first-order valence-electron chi connectivity index (χ1n) is 15.0. The van der Waals surface area contributed by atoms with Crippen molar-refractivity contribution in [2.45, 2.75) is 69.0 Å². The number of aliphatic hydroxyl groups excluding tert-OH is 1. The van der Waals surface area contributed by atoms with E-state index in [1.54, 1.807) is 6.07 Å². The van der Waals surface area contributed by atoms with Crippen LogP contribution in [0.4, 0.5) is 0 Å². The Balaban J connectivity index is 1.65. The third-order valence-electron chi connectivity index (χ3n) is 7.30. The molecule has 2 amide bonds. The first-order chi connectivity index (χ1) is 21.1. The first kappa shape index (κ1) is 33.3. The molecule has 1 heterocycles. The minimum absolute atomic E-state index is 0.00406. The fraction of sp³-hybridized carbons (Fsp3) is 0.500. The van der Waals surface area contributed by atoms with Gasteiger partial charge in [0.2, 0.25) is 15.9 Å². The molecule has 2 aromatic carbocycles. The average molecular weight is 627 g/mol. The minimum Gasteiger partial charge on any atom is -0.486 e. The number of ether oxygens (including phenoxy) is 2. The van der Waals surface area contributed by atoms with Crippen LogP contribution in [-0.4, -0.2) is 85.7 Å². The van der Waals surface area contributed by atoms with Crippen LogP contribution in [0.1, 0.15) is 45.1 Å². The fourth-order valence-corrected chi connectivity index (χ4v) is 6.56. The van der Waals surface area contributed by atoms with Gasteiger partial charge in [-0.15, -0.1) is 12.3 Å². The second-order valence-corrected chi connectivity index (χ2v) is 13.4. The number of nitrogens with zero attached hydrogens (tertiary/aromatic N) is 2. The van der Waals surface area contributed by atoms with E-state index in [-0.39, 0.29) is 55.8 Å². The van der Waals surface area contributed by atoms with Crippen molar-refractivity contribution >= 4 is 21.8 Å². The third kappa shape index (κ3) is 9.19. The Kier molecular flexibility index (Phi) is 11.6. The number of hydrazine groups is 1. The molecule has 12 heteroatoms. The zero-order valence-electron chi connectivity index (χ0n) is 25.3. The molecule has 0 radical (unpaired) electrons. The summed E-state index contributed by atoms with van der Waals surface area (Å²) in [5.74, 6) is 2.23. The van der Waals surface area contributed by atoms with Gasteiger partial charge in [0.05, 0.1) is 23.6 Å². The van der Waals surface area contributed by atoms with Crippen molar-refractivity contribution in [2.75, 3.05) is 32.8 Å². The highest BCUT2D eigenvalue weighted by Gasteiger charge is 2.36. The molecule has 11 nitrogen and oxygen atoms in total. The van der Waals surface area contributed by atoms with Crippen LogP contribution < -0.4 is 20.2 Å². The van der Waals surface area contributed by atoms with E-state index in [0.717, 1.165) is 23.4 Å². The van der Waals surface area contributed by atoms with Crippen LogP contribution in [0.5, 0.6) is 11.5 Å². The SMILES string of the molecule is C#CCCC(=O)N(NC(=O)CNC1CC1)[C@@H](Cc1ccccc1)[C@H](O)CN(CC(C)C)S(=O)(=O)c1ccc2c(c1)OCCO2. The number of nitrogens with one attached hydrogen (secondary N) is 2. The van der Waals surface area contributed by atoms with E-state index in [1.807, 2.05) is 44.2 Å². The Hall–Kier alpha value is -3.63. The molecule has 1 saturated carbocycles. The van der Waals surface area contributed by atoms with Crippen molar-refractivity contribution in [1.82, 2.24) is 20.1 Å². The third-order valence-corrected chi connectivity index (χ3v) is 9.13. The summed E-state index contributed by atoms with van der Waals surface area (Å²) in [5, 5.41) is 16.0. The molecule has 2 aliphatic rings. The number of carbonyl (C=O) groups excluding carboxylic acids is 2. The molecule has 44 heavy (non-hydrogen) atoms. The zero-order valence-corrected chi connectivity index (χ0v) is 26.1. The molecule has 0 aromatic heterocycles. The van der Waals surface area contributed by atoms with Crippen LogP contribution >= 0.6 is 0 Å². The maximum atomic E-state index is 14.0. The highest BCUT2D eigenvalue weighted by atomic mass is 32.2. The summed E-state index contributed by atoms with van der Waals surface area (Å²) in [6.07, 6.45) is 6.24. The predicted molar refractivity (Wildman–Crippen MR) is 165 cm³/mol. The molecule has 4 rings (SSSR count). The fourth-order valence-electron chi connectivity index (χ4n) is 4.92. The molecule has 2 aromatic rings. The molecule has 3 N–H and O–H groups in total. The van der Waals surface area contributed by atoms with Crippen LogP contribution in [-0.2, 0) is 26.0 Å². The Morgan fingerprint density at radius 3 is 2.43 bits per heavy atom. The molecular weight excluding hydrogens is 584 g/mol. The minimum atomic E-state index is -4.11. The molecule has 1 fully saturated rings. The molecule has 0 unspecified atom stereocenters. The van der Waals surface area contributed by atoms with Gasteiger partial charge in [0.1, 0.15) is 13.2 Å². The molecule has 1 aliphatic heterocycles. The van der Waals surface area contributed by atoms with Crippen molar-refractivity contribution in [1.29, 1.82) is 0 Å². The van der Waals surface area contributed by atoms with Gasteiger partial charge >= 0.3 is 0 Å². The van der Waals surface area contributed by atoms with E-state index < -0.39 is 34.0 Å². The van der Waals surface area contributed by atoms with E-state index in [1.165, 1.54) is 16.4 Å². The van der Waals surface area contributed by atoms with Gasteiger partial charge in [-0.05, 0) is 42.9 Å². The number of hydrogen-bond acceptors (Lipinski definition) is 8. The molecular formula is C32H42N4O7S. The number of benzene rings is 2. The number of hydrogen-bond donors (Lipinski definition) is 3. The van der Waals surface area contributed by atoms with E-state index in [2.05, 4.69) is 16.7 Å². The van der Waals surface area contributed by atoms with Crippen LogP contribution in [0.3, 0.4) is 0 Å². The Morgan fingerprint density at radius 2 is 1.77 bits per heavy atom. The largest absolute Gasteiger partial charge is 0.486 e. The molecule has 238 valence electrons.